The van der Waals surface area contributed by atoms with E-state index < -0.39 is 17.2 Å². The molecule has 7 nitrogen and oxygen atoms in total. The number of aromatic nitrogens is 2. The fourth-order valence-corrected chi connectivity index (χ4v) is 4.38. The topological polar surface area (TPSA) is 101 Å². The lowest BCUT2D eigenvalue weighted by atomic mass is 9.72. The Morgan fingerprint density at radius 3 is 2.73 bits per heavy atom. The molecule has 8 heteroatoms. The summed E-state index contributed by atoms with van der Waals surface area (Å²) in [6.45, 7) is 1.39. The zero-order valence-corrected chi connectivity index (χ0v) is 14.1. The summed E-state index contributed by atoms with van der Waals surface area (Å²) in [7, 11) is 0. The van der Waals surface area contributed by atoms with Crippen LogP contribution in [0.1, 0.15) is 35.7 Å². The summed E-state index contributed by atoms with van der Waals surface area (Å²) in [5.74, 6) is -0.819. The first-order valence-corrected chi connectivity index (χ1v) is 8.93. The molecule has 2 saturated carbocycles. The highest BCUT2D eigenvalue weighted by molar-refractivity contribution is 5.92. The molecule has 0 unspecified atom stereocenters. The van der Waals surface area contributed by atoms with E-state index in [4.69, 9.17) is 5.73 Å². The van der Waals surface area contributed by atoms with Crippen LogP contribution in [0.3, 0.4) is 0 Å². The lowest BCUT2D eigenvalue weighted by molar-refractivity contribution is 0.0695. The number of nitrogens with two attached hydrogens (primary N) is 1. The van der Waals surface area contributed by atoms with Crippen molar-refractivity contribution in [1.82, 2.24) is 9.55 Å². The van der Waals surface area contributed by atoms with Gasteiger partial charge in [-0.3, -0.25) is 4.79 Å². The van der Waals surface area contributed by atoms with Crippen LogP contribution in [0, 0.1) is 17.7 Å². The molecular weight excluding hydrogens is 339 g/mol. The van der Waals surface area contributed by atoms with Gasteiger partial charge in [-0.25, -0.2) is 14.2 Å². The molecule has 3 heterocycles. The largest absolute Gasteiger partial charge is 0.477 e. The van der Waals surface area contributed by atoms with Crippen LogP contribution in [-0.2, 0) is 0 Å². The number of carbonyl (C=O) groups is 1. The van der Waals surface area contributed by atoms with Crippen molar-refractivity contribution in [1.29, 1.82) is 0 Å². The molecule has 3 N–H and O–H groups in total. The van der Waals surface area contributed by atoms with Crippen molar-refractivity contribution < 1.29 is 14.3 Å². The Balaban J connectivity index is 1.67. The van der Waals surface area contributed by atoms with Gasteiger partial charge in [0.25, 0.3) is 0 Å². The molecule has 0 aromatic carbocycles. The fourth-order valence-electron chi connectivity index (χ4n) is 4.38. The van der Waals surface area contributed by atoms with Gasteiger partial charge in [-0.05, 0) is 37.2 Å². The zero-order chi connectivity index (χ0) is 18.2. The Morgan fingerprint density at radius 1 is 1.35 bits per heavy atom. The van der Waals surface area contributed by atoms with Gasteiger partial charge >= 0.3 is 5.97 Å². The number of halogens is 1. The third-order valence-corrected chi connectivity index (χ3v) is 6.03. The maximum Gasteiger partial charge on any atom is 0.341 e. The van der Waals surface area contributed by atoms with Crippen molar-refractivity contribution in [3.63, 3.8) is 0 Å². The molecule has 5 rings (SSSR count). The molecule has 3 aliphatic rings. The third kappa shape index (κ3) is 2.18. The highest BCUT2D eigenvalue weighted by Gasteiger charge is 2.46. The fraction of sp³-hybridized carbons (Fsp3) is 0.500. The van der Waals surface area contributed by atoms with E-state index in [1.807, 2.05) is 4.90 Å². The highest BCUT2D eigenvalue weighted by atomic mass is 19.1. The Hall–Kier alpha value is -2.48. The first-order chi connectivity index (χ1) is 12.4. The van der Waals surface area contributed by atoms with Crippen molar-refractivity contribution in [3.8, 4) is 0 Å². The number of anilines is 1. The standard InChI is InChI=1S/C18H19FN4O3/c19-13-4-10-15(24)12(18(25)26)7-23(9-1-2-9)16(10)21-17(13)22-5-8-3-14(20)11(8)6-22/h4,7-9,11,14H,1-3,5-6,20H2,(H,25,26)/t8-,11+,14-/m1/s1. The summed E-state index contributed by atoms with van der Waals surface area (Å²) in [5.41, 5.74) is 5.36. The average Bonchev–Trinajstić information content (AvgIpc) is 3.37. The van der Waals surface area contributed by atoms with Crippen LogP contribution in [-0.4, -0.2) is 39.8 Å². The van der Waals surface area contributed by atoms with Crippen LogP contribution in [0.25, 0.3) is 11.0 Å². The first kappa shape index (κ1) is 15.7. The molecule has 0 bridgehead atoms. The minimum absolute atomic E-state index is 0.0249. The van der Waals surface area contributed by atoms with E-state index in [0.29, 0.717) is 30.6 Å². The van der Waals surface area contributed by atoms with Crippen LogP contribution < -0.4 is 16.1 Å². The average molecular weight is 358 g/mol. The number of aromatic carboxylic acids is 1. The number of nitrogens with zero attached hydrogens (tertiary/aromatic N) is 3. The molecule has 2 aliphatic carbocycles. The van der Waals surface area contributed by atoms with Gasteiger partial charge in [0, 0.05) is 31.4 Å². The van der Waals surface area contributed by atoms with E-state index >= 15 is 0 Å². The maximum atomic E-state index is 14.8. The number of fused-ring (bicyclic) bond motifs is 2. The number of carboxylic acids is 1. The third-order valence-electron chi connectivity index (χ3n) is 6.03. The van der Waals surface area contributed by atoms with Gasteiger partial charge < -0.3 is 20.3 Å². The summed E-state index contributed by atoms with van der Waals surface area (Å²) in [4.78, 5) is 30.2. The summed E-state index contributed by atoms with van der Waals surface area (Å²) in [6, 6.07) is 1.42. The predicted octanol–water partition coefficient (Wildman–Crippen LogP) is 1.35. The second kappa shape index (κ2) is 5.26. The number of pyridine rings is 2. The molecule has 2 aromatic rings. The molecular formula is C18H19FN4O3. The van der Waals surface area contributed by atoms with Gasteiger partial charge in [0.05, 0.1) is 5.39 Å². The SMILES string of the molecule is N[C@@H]1C[C@@H]2CN(c3nc4c(cc3F)c(=O)c(C(=O)O)cn4C3CC3)C[C@@H]21. The predicted molar refractivity (Wildman–Crippen MR) is 93.0 cm³/mol. The van der Waals surface area contributed by atoms with Crippen molar-refractivity contribution in [2.45, 2.75) is 31.3 Å². The molecule has 2 aromatic heterocycles. The van der Waals surface area contributed by atoms with E-state index in [-0.39, 0.29) is 28.9 Å². The molecule has 0 radical (unpaired) electrons. The van der Waals surface area contributed by atoms with Crippen molar-refractivity contribution in [2.75, 3.05) is 18.0 Å². The summed E-state index contributed by atoms with van der Waals surface area (Å²) >= 11 is 0. The smallest absolute Gasteiger partial charge is 0.341 e. The van der Waals surface area contributed by atoms with E-state index in [0.717, 1.165) is 25.3 Å². The Kier molecular flexibility index (Phi) is 3.19. The van der Waals surface area contributed by atoms with Crippen molar-refractivity contribution in [2.24, 2.45) is 17.6 Å². The summed E-state index contributed by atoms with van der Waals surface area (Å²) in [6.07, 6.45) is 4.09. The van der Waals surface area contributed by atoms with E-state index in [1.54, 1.807) is 4.57 Å². The number of carboxylic acid groups (broad SMARTS) is 1. The molecule has 0 amide bonds. The molecule has 1 aliphatic heterocycles. The van der Waals surface area contributed by atoms with Gasteiger partial charge in [-0.15, -0.1) is 0 Å². The molecule has 1 saturated heterocycles. The summed E-state index contributed by atoms with van der Waals surface area (Å²) < 4.78 is 16.5. The normalized spacial score (nSPS) is 27.5. The van der Waals surface area contributed by atoms with Gasteiger partial charge in [0.15, 0.2) is 11.6 Å². The monoisotopic (exact) mass is 358 g/mol. The minimum Gasteiger partial charge on any atom is -0.477 e. The van der Waals surface area contributed by atoms with E-state index in [1.165, 1.54) is 6.20 Å². The second-order valence-corrected chi connectivity index (χ2v) is 7.71. The minimum atomic E-state index is -1.30. The molecule has 3 atom stereocenters. The number of hydrogen-bond donors (Lipinski definition) is 2. The van der Waals surface area contributed by atoms with Crippen LogP contribution >= 0.6 is 0 Å². The second-order valence-electron chi connectivity index (χ2n) is 7.71. The Labute approximate surface area is 148 Å². The molecule has 136 valence electrons. The quantitative estimate of drug-likeness (QED) is 0.859. The molecule has 3 fully saturated rings. The lowest BCUT2D eigenvalue weighted by Crippen LogP contribution is -2.46. The van der Waals surface area contributed by atoms with Gasteiger partial charge in [-0.1, -0.05) is 0 Å². The summed E-state index contributed by atoms with van der Waals surface area (Å²) in [5, 5.41) is 9.32. The first-order valence-electron chi connectivity index (χ1n) is 8.93. The van der Waals surface area contributed by atoms with E-state index in [2.05, 4.69) is 4.98 Å². The highest BCUT2D eigenvalue weighted by Crippen LogP contribution is 2.42. The zero-order valence-electron chi connectivity index (χ0n) is 14.1. The Morgan fingerprint density at radius 2 is 2.12 bits per heavy atom. The Bertz CT molecular complexity index is 1000. The van der Waals surface area contributed by atoms with Gasteiger partial charge in [-0.2, -0.15) is 0 Å². The van der Waals surface area contributed by atoms with Gasteiger partial charge in [0.1, 0.15) is 11.2 Å². The number of hydrogen-bond acceptors (Lipinski definition) is 5. The van der Waals surface area contributed by atoms with Gasteiger partial charge in [0.2, 0.25) is 5.43 Å². The lowest BCUT2D eigenvalue weighted by Gasteiger charge is -2.36. The van der Waals surface area contributed by atoms with E-state index in [9.17, 15) is 19.1 Å². The van der Waals surface area contributed by atoms with Crippen LogP contribution in [0.2, 0.25) is 0 Å². The molecule has 0 spiro atoms. The van der Waals surface area contributed by atoms with Crippen molar-refractivity contribution in [3.05, 3.63) is 33.9 Å². The van der Waals surface area contributed by atoms with Crippen molar-refractivity contribution >= 4 is 22.8 Å². The molecule has 26 heavy (non-hydrogen) atoms. The van der Waals surface area contributed by atoms with Crippen LogP contribution in [0.15, 0.2) is 17.1 Å². The van der Waals surface area contributed by atoms with Crippen LogP contribution in [0.5, 0.6) is 0 Å². The number of rotatable bonds is 3. The maximum absolute atomic E-state index is 14.8. The van der Waals surface area contributed by atoms with Crippen LogP contribution in [0.4, 0.5) is 10.2 Å².